The Morgan fingerprint density at radius 1 is 0.864 bits per heavy atom. The molecule has 0 amide bonds. The van der Waals surface area contributed by atoms with Crippen LogP contribution in [-0.4, -0.2) is 16.4 Å². The molecular weight excluding hydrogens is 321 g/mol. The minimum Gasteiger partial charge on any atom is -0.507 e. The van der Waals surface area contributed by atoms with Crippen LogP contribution in [0, 0.1) is 0 Å². The van der Waals surface area contributed by atoms with E-state index in [2.05, 4.69) is 4.99 Å². The van der Waals surface area contributed by atoms with Crippen molar-refractivity contribution in [1.82, 2.24) is 0 Å². The van der Waals surface area contributed by atoms with Crippen LogP contribution in [0.15, 0.2) is 53.5 Å². The van der Waals surface area contributed by atoms with E-state index in [0.29, 0.717) is 20.8 Å². The van der Waals surface area contributed by atoms with Gasteiger partial charge in [-0.2, -0.15) is 0 Å². The van der Waals surface area contributed by atoms with Gasteiger partial charge in [-0.1, -0.05) is 53.5 Å². The molecule has 0 aliphatic carbocycles. The Balaban J connectivity index is 2.05. The number of rotatable bonds is 2. The molecule has 0 aromatic heterocycles. The van der Waals surface area contributed by atoms with E-state index in [-0.39, 0.29) is 17.2 Å². The number of benzene rings is 3. The molecule has 110 valence electrons. The number of nitrogens with zero attached hydrogens (tertiary/aromatic N) is 1. The fourth-order valence-corrected chi connectivity index (χ4v) is 2.47. The van der Waals surface area contributed by atoms with E-state index in [0.717, 1.165) is 5.56 Å². The molecule has 0 spiro atoms. The first-order valence-electron chi connectivity index (χ1n) is 6.49. The summed E-state index contributed by atoms with van der Waals surface area (Å²) in [6.07, 6.45) is 1.55. The lowest BCUT2D eigenvalue weighted by Crippen LogP contribution is -1.82. The first kappa shape index (κ1) is 14.7. The number of phenols is 2. The normalized spacial score (nSPS) is 11.4. The van der Waals surface area contributed by atoms with Crippen molar-refractivity contribution < 1.29 is 10.2 Å². The molecule has 3 aromatic carbocycles. The summed E-state index contributed by atoms with van der Waals surface area (Å²) in [6.45, 7) is 0. The van der Waals surface area contributed by atoms with Crippen LogP contribution in [0.25, 0.3) is 10.8 Å². The maximum Gasteiger partial charge on any atom is 0.149 e. The highest BCUT2D eigenvalue weighted by atomic mass is 35.5. The van der Waals surface area contributed by atoms with Crippen molar-refractivity contribution in [2.75, 3.05) is 0 Å². The minimum atomic E-state index is 0.0183. The van der Waals surface area contributed by atoms with Crippen molar-refractivity contribution in [2.45, 2.75) is 0 Å². The second kappa shape index (κ2) is 5.87. The molecule has 0 bridgehead atoms. The third kappa shape index (κ3) is 2.73. The molecule has 0 heterocycles. The summed E-state index contributed by atoms with van der Waals surface area (Å²) in [7, 11) is 0. The Morgan fingerprint density at radius 2 is 1.59 bits per heavy atom. The smallest absolute Gasteiger partial charge is 0.149 e. The Morgan fingerprint density at radius 3 is 2.32 bits per heavy atom. The maximum absolute atomic E-state index is 10.3. The Hall–Kier alpha value is -2.23. The summed E-state index contributed by atoms with van der Waals surface area (Å²) in [5.41, 5.74) is 1.02. The number of hydrogen-bond acceptors (Lipinski definition) is 3. The number of fused-ring (bicyclic) bond motifs is 1. The van der Waals surface area contributed by atoms with Crippen LogP contribution in [0.3, 0.4) is 0 Å². The Labute approximate surface area is 137 Å². The van der Waals surface area contributed by atoms with Gasteiger partial charge in [0.1, 0.15) is 17.2 Å². The van der Waals surface area contributed by atoms with E-state index < -0.39 is 0 Å². The van der Waals surface area contributed by atoms with Gasteiger partial charge in [0.25, 0.3) is 0 Å². The maximum atomic E-state index is 10.3. The SMILES string of the molecule is Oc1cc(N=Cc2ccc(Cl)c(Cl)c2)c(O)c2ccccc12. The summed E-state index contributed by atoms with van der Waals surface area (Å²) in [4.78, 5) is 4.22. The van der Waals surface area contributed by atoms with Gasteiger partial charge in [0.15, 0.2) is 0 Å². The van der Waals surface area contributed by atoms with Crippen molar-refractivity contribution in [2.24, 2.45) is 4.99 Å². The molecule has 0 aliphatic rings. The largest absolute Gasteiger partial charge is 0.507 e. The highest BCUT2D eigenvalue weighted by Crippen LogP contribution is 2.40. The molecule has 3 rings (SSSR count). The van der Waals surface area contributed by atoms with Crippen molar-refractivity contribution in [3.05, 3.63) is 64.1 Å². The summed E-state index contributed by atoms with van der Waals surface area (Å²) in [5.74, 6) is 0.0828. The van der Waals surface area contributed by atoms with Crippen molar-refractivity contribution in [3.63, 3.8) is 0 Å². The highest BCUT2D eigenvalue weighted by Gasteiger charge is 2.09. The number of phenolic OH excluding ortho intramolecular Hbond substituents is 2. The van der Waals surface area contributed by atoms with Crippen LogP contribution in [-0.2, 0) is 0 Å². The number of aromatic hydroxyl groups is 2. The third-order valence-electron chi connectivity index (χ3n) is 3.27. The fourth-order valence-electron chi connectivity index (χ4n) is 2.16. The summed E-state index contributed by atoms with van der Waals surface area (Å²) in [6, 6.07) is 13.6. The average Bonchev–Trinajstić information content (AvgIpc) is 2.53. The molecule has 5 heteroatoms. The second-order valence-electron chi connectivity index (χ2n) is 4.74. The molecule has 3 aromatic rings. The van der Waals surface area contributed by atoms with E-state index in [1.54, 1.807) is 48.7 Å². The first-order chi connectivity index (χ1) is 10.6. The third-order valence-corrected chi connectivity index (χ3v) is 4.01. The van der Waals surface area contributed by atoms with E-state index in [9.17, 15) is 10.2 Å². The first-order valence-corrected chi connectivity index (χ1v) is 7.24. The van der Waals surface area contributed by atoms with Crippen LogP contribution >= 0.6 is 23.2 Å². The lowest BCUT2D eigenvalue weighted by molar-refractivity contribution is 0.471. The summed E-state index contributed by atoms with van der Waals surface area (Å²) >= 11 is 11.8. The molecular formula is C17H11Cl2NO2. The zero-order valence-corrected chi connectivity index (χ0v) is 12.8. The monoisotopic (exact) mass is 331 g/mol. The van der Waals surface area contributed by atoms with Gasteiger partial charge in [-0.05, 0) is 17.7 Å². The molecule has 0 saturated carbocycles. The molecule has 3 nitrogen and oxygen atoms in total. The van der Waals surface area contributed by atoms with Crippen LogP contribution in [0.4, 0.5) is 5.69 Å². The molecule has 0 atom stereocenters. The minimum absolute atomic E-state index is 0.0183. The van der Waals surface area contributed by atoms with Gasteiger partial charge < -0.3 is 10.2 Å². The van der Waals surface area contributed by atoms with E-state index in [4.69, 9.17) is 23.2 Å². The predicted molar refractivity (Wildman–Crippen MR) is 91.0 cm³/mol. The van der Waals surface area contributed by atoms with Gasteiger partial charge in [0.2, 0.25) is 0 Å². The second-order valence-corrected chi connectivity index (χ2v) is 5.56. The molecule has 0 unspecified atom stereocenters. The molecule has 22 heavy (non-hydrogen) atoms. The Bertz CT molecular complexity index is 891. The lowest BCUT2D eigenvalue weighted by Gasteiger charge is -2.06. The van der Waals surface area contributed by atoms with Gasteiger partial charge in [-0.3, -0.25) is 4.99 Å². The van der Waals surface area contributed by atoms with Crippen LogP contribution in [0.1, 0.15) is 5.56 Å². The Kier molecular flexibility index (Phi) is 3.92. The van der Waals surface area contributed by atoms with E-state index in [1.165, 1.54) is 6.07 Å². The standard InChI is InChI=1S/C17H11Cl2NO2/c18-13-6-5-10(7-14(13)19)9-20-15-8-16(21)11-3-1-2-4-12(11)17(15)22/h1-9,21-22H. The predicted octanol–water partition coefficient (Wildman–Crippen LogP) is 5.31. The van der Waals surface area contributed by atoms with E-state index in [1.807, 2.05) is 0 Å². The lowest BCUT2D eigenvalue weighted by atomic mass is 10.1. The summed E-state index contributed by atoms with van der Waals surface area (Å²) in [5, 5.41) is 22.3. The van der Waals surface area contributed by atoms with Gasteiger partial charge >= 0.3 is 0 Å². The van der Waals surface area contributed by atoms with Crippen molar-refractivity contribution in [3.8, 4) is 11.5 Å². The average molecular weight is 332 g/mol. The molecule has 2 N–H and O–H groups in total. The molecule has 0 radical (unpaired) electrons. The number of aliphatic imine (C=N–C) groups is 1. The quantitative estimate of drug-likeness (QED) is 0.494. The topological polar surface area (TPSA) is 52.8 Å². The van der Waals surface area contributed by atoms with Crippen molar-refractivity contribution >= 4 is 45.9 Å². The zero-order valence-electron chi connectivity index (χ0n) is 11.3. The molecule has 0 aliphatic heterocycles. The summed E-state index contributed by atoms with van der Waals surface area (Å²) < 4.78 is 0. The molecule has 0 fully saturated rings. The van der Waals surface area contributed by atoms with Gasteiger partial charge in [0.05, 0.1) is 10.0 Å². The van der Waals surface area contributed by atoms with Crippen LogP contribution in [0.2, 0.25) is 10.0 Å². The molecule has 0 saturated heterocycles. The van der Waals surface area contributed by atoms with E-state index >= 15 is 0 Å². The van der Waals surface area contributed by atoms with Gasteiger partial charge in [-0.15, -0.1) is 0 Å². The van der Waals surface area contributed by atoms with Crippen molar-refractivity contribution in [1.29, 1.82) is 0 Å². The zero-order chi connectivity index (χ0) is 15.7. The fraction of sp³-hybridized carbons (Fsp3) is 0. The van der Waals surface area contributed by atoms with Crippen LogP contribution < -0.4 is 0 Å². The van der Waals surface area contributed by atoms with Gasteiger partial charge in [0, 0.05) is 23.1 Å². The highest BCUT2D eigenvalue weighted by molar-refractivity contribution is 6.42. The number of hydrogen-bond donors (Lipinski definition) is 2. The van der Waals surface area contributed by atoms with Crippen LogP contribution in [0.5, 0.6) is 11.5 Å². The van der Waals surface area contributed by atoms with Gasteiger partial charge in [-0.25, -0.2) is 0 Å². The number of halogens is 2.